The van der Waals surface area contributed by atoms with Crippen molar-refractivity contribution >= 4 is 23.2 Å². The minimum absolute atomic E-state index is 0.240. The zero-order valence-electron chi connectivity index (χ0n) is 17.0. The molecule has 2 amide bonds. The zero-order chi connectivity index (χ0) is 21.3. The van der Waals surface area contributed by atoms with E-state index < -0.39 is 0 Å². The van der Waals surface area contributed by atoms with E-state index in [1.807, 2.05) is 12.1 Å². The molecule has 0 saturated carbocycles. The van der Waals surface area contributed by atoms with Gasteiger partial charge in [-0.3, -0.25) is 9.59 Å². The number of rotatable bonds is 10. The summed E-state index contributed by atoms with van der Waals surface area (Å²) >= 11 is 1.39. The minimum Gasteiger partial charge on any atom is -0.486 e. The molecule has 30 heavy (non-hydrogen) atoms. The summed E-state index contributed by atoms with van der Waals surface area (Å²) in [5, 5.41) is 7.98. The van der Waals surface area contributed by atoms with E-state index in [0.717, 1.165) is 10.8 Å². The van der Waals surface area contributed by atoms with Crippen molar-refractivity contribution < 1.29 is 18.7 Å². The van der Waals surface area contributed by atoms with Crippen molar-refractivity contribution in [3.8, 4) is 5.75 Å². The number of carbonyl (C=O) groups excluding carboxylic acids is 2. The van der Waals surface area contributed by atoms with Gasteiger partial charge in [0.1, 0.15) is 23.1 Å². The third-order valence-corrected chi connectivity index (χ3v) is 5.19. The molecule has 8 heteroatoms. The molecule has 1 aromatic carbocycles. The number of amides is 2. The second-order valence-corrected chi connectivity index (χ2v) is 7.92. The van der Waals surface area contributed by atoms with Crippen LogP contribution < -0.4 is 15.4 Å². The standard InChI is InChI=1S/C22H25N3O4S/c1-15(2)16-6-8-17(9-7-16)29-13-20-25-18(14-30-20)21(26)23-10-4-11-24-22(27)19-5-3-12-28-19/h3,5-9,12,14-15H,4,10-11,13H2,1-2H3,(H,23,26)(H,24,27). The molecule has 3 rings (SSSR count). The maximum Gasteiger partial charge on any atom is 0.286 e. The molecule has 0 fully saturated rings. The van der Waals surface area contributed by atoms with Crippen molar-refractivity contribution in [2.24, 2.45) is 0 Å². The summed E-state index contributed by atoms with van der Waals surface area (Å²) in [7, 11) is 0. The van der Waals surface area contributed by atoms with Crippen molar-refractivity contribution in [1.29, 1.82) is 0 Å². The van der Waals surface area contributed by atoms with Gasteiger partial charge < -0.3 is 19.8 Å². The number of nitrogens with zero attached hydrogens (tertiary/aromatic N) is 1. The van der Waals surface area contributed by atoms with Gasteiger partial charge in [-0.1, -0.05) is 26.0 Å². The molecular formula is C22H25N3O4S. The van der Waals surface area contributed by atoms with Crippen LogP contribution in [0.3, 0.4) is 0 Å². The van der Waals surface area contributed by atoms with E-state index in [4.69, 9.17) is 9.15 Å². The molecule has 0 aliphatic carbocycles. The lowest BCUT2D eigenvalue weighted by molar-refractivity contribution is 0.0925. The van der Waals surface area contributed by atoms with Crippen LogP contribution in [0.4, 0.5) is 0 Å². The number of carbonyl (C=O) groups is 2. The van der Waals surface area contributed by atoms with Crippen LogP contribution in [0.5, 0.6) is 5.75 Å². The molecular weight excluding hydrogens is 402 g/mol. The molecule has 7 nitrogen and oxygen atoms in total. The van der Waals surface area contributed by atoms with Crippen LogP contribution in [0.25, 0.3) is 0 Å². The number of furan rings is 1. The number of aromatic nitrogens is 1. The SMILES string of the molecule is CC(C)c1ccc(OCc2nc(C(=O)NCCCNC(=O)c3ccco3)cs2)cc1. The van der Waals surface area contributed by atoms with Gasteiger partial charge in [-0.15, -0.1) is 11.3 Å². The van der Waals surface area contributed by atoms with E-state index in [1.165, 1.54) is 23.2 Å². The second-order valence-electron chi connectivity index (χ2n) is 6.98. The first-order valence-corrected chi connectivity index (χ1v) is 10.7. The summed E-state index contributed by atoms with van der Waals surface area (Å²) in [6, 6.07) is 11.3. The summed E-state index contributed by atoms with van der Waals surface area (Å²) in [6.07, 6.45) is 2.05. The number of thiazole rings is 1. The molecule has 0 aliphatic heterocycles. The molecule has 3 aromatic rings. The fourth-order valence-electron chi connectivity index (χ4n) is 2.65. The first-order chi connectivity index (χ1) is 14.5. The normalized spacial score (nSPS) is 10.8. The van der Waals surface area contributed by atoms with Crippen molar-refractivity contribution in [3.63, 3.8) is 0 Å². The highest BCUT2D eigenvalue weighted by Gasteiger charge is 2.11. The number of benzene rings is 1. The van der Waals surface area contributed by atoms with E-state index in [0.29, 0.717) is 37.7 Å². The van der Waals surface area contributed by atoms with Crippen LogP contribution in [-0.2, 0) is 6.61 Å². The van der Waals surface area contributed by atoms with Gasteiger partial charge >= 0.3 is 0 Å². The first kappa shape index (κ1) is 21.6. The summed E-state index contributed by atoms with van der Waals surface area (Å²) in [4.78, 5) is 28.3. The number of hydrogen-bond donors (Lipinski definition) is 2. The highest BCUT2D eigenvalue weighted by molar-refractivity contribution is 7.09. The zero-order valence-corrected chi connectivity index (χ0v) is 17.8. The van der Waals surface area contributed by atoms with Gasteiger partial charge in [0.2, 0.25) is 0 Å². The molecule has 0 bridgehead atoms. The fraction of sp³-hybridized carbons (Fsp3) is 0.318. The lowest BCUT2D eigenvalue weighted by atomic mass is 10.0. The number of ether oxygens (including phenoxy) is 1. The first-order valence-electron chi connectivity index (χ1n) is 9.80. The molecule has 0 saturated heterocycles. The fourth-order valence-corrected chi connectivity index (χ4v) is 3.34. The Morgan fingerprint density at radius 2 is 1.83 bits per heavy atom. The van der Waals surface area contributed by atoms with Crippen LogP contribution in [0.15, 0.2) is 52.5 Å². The number of hydrogen-bond acceptors (Lipinski definition) is 6. The van der Waals surface area contributed by atoms with Crippen LogP contribution >= 0.6 is 11.3 Å². The van der Waals surface area contributed by atoms with Crippen LogP contribution in [0, 0.1) is 0 Å². The Bertz CT molecular complexity index is 949. The second kappa shape index (κ2) is 10.6. The number of nitrogens with one attached hydrogen (secondary N) is 2. The maximum atomic E-state index is 12.2. The average Bonchev–Trinajstić information content (AvgIpc) is 3.44. The lowest BCUT2D eigenvalue weighted by Crippen LogP contribution is -2.29. The Hall–Kier alpha value is -3.13. The van der Waals surface area contributed by atoms with Crippen LogP contribution in [0.2, 0.25) is 0 Å². The van der Waals surface area contributed by atoms with Crippen LogP contribution in [0.1, 0.15) is 57.8 Å². The van der Waals surface area contributed by atoms with E-state index >= 15 is 0 Å². The van der Waals surface area contributed by atoms with Gasteiger partial charge in [-0.05, 0) is 42.2 Å². The highest BCUT2D eigenvalue weighted by Crippen LogP contribution is 2.20. The molecule has 2 heterocycles. The Morgan fingerprint density at radius 3 is 2.50 bits per heavy atom. The topological polar surface area (TPSA) is 93.5 Å². The molecule has 0 radical (unpaired) electrons. The highest BCUT2D eigenvalue weighted by atomic mass is 32.1. The van der Waals surface area contributed by atoms with Crippen molar-refractivity contribution in [2.75, 3.05) is 13.1 Å². The van der Waals surface area contributed by atoms with E-state index in [9.17, 15) is 9.59 Å². The monoisotopic (exact) mass is 427 g/mol. The van der Waals surface area contributed by atoms with Gasteiger partial charge in [0.25, 0.3) is 11.8 Å². The third-order valence-electron chi connectivity index (χ3n) is 4.36. The largest absolute Gasteiger partial charge is 0.486 e. The van der Waals surface area contributed by atoms with Gasteiger partial charge in [0.05, 0.1) is 6.26 Å². The van der Waals surface area contributed by atoms with E-state index in [-0.39, 0.29) is 17.6 Å². The summed E-state index contributed by atoms with van der Waals surface area (Å²) < 4.78 is 10.8. The molecule has 2 aromatic heterocycles. The van der Waals surface area contributed by atoms with Crippen molar-refractivity contribution in [3.05, 3.63) is 70.1 Å². The Balaban J connectivity index is 1.36. The lowest BCUT2D eigenvalue weighted by Gasteiger charge is -2.07. The molecule has 0 unspecified atom stereocenters. The van der Waals surface area contributed by atoms with E-state index in [2.05, 4.69) is 41.6 Å². The summed E-state index contributed by atoms with van der Waals surface area (Å²) in [5.41, 5.74) is 1.63. The Labute approximate surface area is 179 Å². The predicted molar refractivity (Wildman–Crippen MR) is 115 cm³/mol. The van der Waals surface area contributed by atoms with Crippen molar-refractivity contribution in [1.82, 2.24) is 15.6 Å². The van der Waals surface area contributed by atoms with E-state index in [1.54, 1.807) is 17.5 Å². The Kier molecular flexibility index (Phi) is 7.62. The van der Waals surface area contributed by atoms with Gasteiger partial charge in [0, 0.05) is 18.5 Å². The molecule has 0 aliphatic rings. The Morgan fingerprint density at radius 1 is 1.10 bits per heavy atom. The maximum absolute atomic E-state index is 12.2. The van der Waals surface area contributed by atoms with Crippen LogP contribution in [-0.4, -0.2) is 29.9 Å². The van der Waals surface area contributed by atoms with Gasteiger partial charge in [-0.25, -0.2) is 4.98 Å². The molecule has 0 atom stereocenters. The summed E-state index contributed by atoms with van der Waals surface area (Å²) in [5.74, 6) is 1.01. The minimum atomic E-state index is -0.269. The molecule has 158 valence electrons. The smallest absolute Gasteiger partial charge is 0.286 e. The van der Waals surface area contributed by atoms with Gasteiger partial charge in [0.15, 0.2) is 5.76 Å². The quantitative estimate of drug-likeness (QED) is 0.477. The molecule has 2 N–H and O–H groups in total. The molecule has 0 spiro atoms. The average molecular weight is 428 g/mol. The predicted octanol–water partition coefficient (Wildman–Crippen LogP) is 3.99. The summed E-state index contributed by atoms with van der Waals surface area (Å²) in [6.45, 7) is 5.48. The van der Waals surface area contributed by atoms with Gasteiger partial charge in [-0.2, -0.15) is 0 Å². The van der Waals surface area contributed by atoms with Crippen molar-refractivity contribution in [2.45, 2.75) is 32.8 Å². The third kappa shape index (κ3) is 6.18.